The van der Waals surface area contributed by atoms with Gasteiger partial charge in [-0.3, -0.25) is 9.88 Å². The summed E-state index contributed by atoms with van der Waals surface area (Å²) >= 11 is 0. The maximum absolute atomic E-state index is 13.6. The Balaban J connectivity index is 1.82. The Bertz CT molecular complexity index is 941. The van der Waals surface area contributed by atoms with Crippen LogP contribution in [0.25, 0.3) is 0 Å². The third-order valence-electron chi connectivity index (χ3n) is 5.53. The summed E-state index contributed by atoms with van der Waals surface area (Å²) in [5, 5.41) is 0. The normalized spacial score (nSPS) is 17.4. The van der Waals surface area contributed by atoms with Gasteiger partial charge in [0.2, 0.25) is 0 Å². The van der Waals surface area contributed by atoms with Crippen molar-refractivity contribution < 1.29 is 4.39 Å². The lowest BCUT2D eigenvalue weighted by Crippen LogP contribution is -2.32. The van der Waals surface area contributed by atoms with Gasteiger partial charge in [0, 0.05) is 51.3 Å². The van der Waals surface area contributed by atoms with Crippen molar-refractivity contribution >= 4 is 5.69 Å². The number of aromatic nitrogens is 1. The average Bonchev–Trinajstić information content (AvgIpc) is 3.08. The van der Waals surface area contributed by atoms with E-state index in [1.165, 1.54) is 28.9 Å². The van der Waals surface area contributed by atoms with E-state index in [-0.39, 0.29) is 17.9 Å². The van der Waals surface area contributed by atoms with Crippen LogP contribution in [0.5, 0.6) is 0 Å². The van der Waals surface area contributed by atoms with Crippen LogP contribution < -0.4 is 10.6 Å². The third kappa shape index (κ3) is 3.28. The number of rotatable bonds is 5. The standard InChI is InChI=1S/C23H25FN4/c1-27(2)21-5-3-4-19-20(21)15-28(22(19)14-25)23(17-10-12-26-13-11-17)16-6-8-18(24)9-7-16/h3-13,22-23H,14-15,25H2,1-2H3. The number of benzene rings is 2. The Hall–Kier alpha value is -2.76. The summed E-state index contributed by atoms with van der Waals surface area (Å²) in [5.74, 6) is -0.229. The molecule has 1 aromatic heterocycles. The summed E-state index contributed by atoms with van der Waals surface area (Å²) in [6.45, 7) is 1.31. The minimum Gasteiger partial charge on any atom is -0.377 e. The van der Waals surface area contributed by atoms with Gasteiger partial charge in [-0.05, 0) is 52.6 Å². The largest absolute Gasteiger partial charge is 0.377 e. The zero-order valence-corrected chi connectivity index (χ0v) is 16.2. The fourth-order valence-electron chi connectivity index (χ4n) is 4.27. The molecule has 3 aromatic rings. The lowest BCUT2D eigenvalue weighted by Gasteiger charge is -2.33. The van der Waals surface area contributed by atoms with Gasteiger partial charge in [0.25, 0.3) is 0 Å². The molecular formula is C23H25FN4. The summed E-state index contributed by atoms with van der Waals surface area (Å²) in [7, 11) is 4.13. The van der Waals surface area contributed by atoms with Gasteiger partial charge in [-0.25, -0.2) is 4.39 Å². The van der Waals surface area contributed by atoms with Crippen LogP contribution in [0, 0.1) is 5.82 Å². The van der Waals surface area contributed by atoms with Gasteiger partial charge in [-0.15, -0.1) is 0 Å². The van der Waals surface area contributed by atoms with Crippen LogP contribution in [0.15, 0.2) is 67.0 Å². The molecule has 4 nitrogen and oxygen atoms in total. The predicted molar refractivity (Wildman–Crippen MR) is 111 cm³/mol. The van der Waals surface area contributed by atoms with Gasteiger partial charge in [0.1, 0.15) is 5.82 Å². The van der Waals surface area contributed by atoms with Gasteiger partial charge in [-0.1, -0.05) is 24.3 Å². The van der Waals surface area contributed by atoms with Crippen LogP contribution in [-0.2, 0) is 6.54 Å². The smallest absolute Gasteiger partial charge is 0.123 e. The Morgan fingerprint density at radius 1 is 1.07 bits per heavy atom. The molecule has 1 aliphatic heterocycles. The molecule has 2 heterocycles. The van der Waals surface area contributed by atoms with E-state index < -0.39 is 0 Å². The first kappa shape index (κ1) is 18.6. The molecule has 144 valence electrons. The van der Waals surface area contributed by atoms with Crippen LogP contribution in [0.2, 0.25) is 0 Å². The first-order valence-corrected chi connectivity index (χ1v) is 9.50. The molecular weight excluding hydrogens is 351 g/mol. The van der Waals surface area contributed by atoms with Crippen molar-refractivity contribution in [1.82, 2.24) is 9.88 Å². The molecule has 2 unspecified atom stereocenters. The highest BCUT2D eigenvalue weighted by Crippen LogP contribution is 2.44. The van der Waals surface area contributed by atoms with E-state index in [4.69, 9.17) is 5.73 Å². The first-order valence-electron chi connectivity index (χ1n) is 9.50. The SMILES string of the molecule is CN(C)c1cccc2c1CN(C(c1ccncc1)c1ccc(F)cc1)C2CN. The van der Waals surface area contributed by atoms with Gasteiger partial charge >= 0.3 is 0 Å². The predicted octanol–water partition coefficient (Wildman–Crippen LogP) is 3.89. The topological polar surface area (TPSA) is 45.4 Å². The summed E-state index contributed by atoms with van der Waals surface area (Å²) in [5.41, 5.74) is 12.2. The van der Waals surface area contributed by atoms with Gasteiger partial charge in [0.15, 0.2) is 0 Å². The summed E-state index contributed by atoms with van der Waals surface area (Å²) in [6.07, 6.45) is 3.61. The second-order valence-electron chi connectivity index (χ2n) is 7.40. The van der Waals surface area contributed by atoms with Crippen molar-refractivity contribution in [2.75, 3.05) is 25.5 Å². The molecule has 0 saturated carbocycles. The molecule has 2 aromatic carbocycles. The van der Waals surface area contributed by atoms with E-state index >= 15 is 0 Å². The van der Waals surface area contributed by atoms with Crippen molar-refractivity contribution in [2.45, 2.75) is 18.6 Å². The summed E-state index contributed by atoms with van der Waals surface area (Å²) in [6, 6.07) is 17.3. The van der Waals surface area contributed by atoms with Crippen molar-refractivity contribution in [3.05, 3.63) is 95.1 Å². The monoisotopic (exact) mass is 376 g/mol. The average molecular weight is 376 g/mol. The van der Waals surface area contributed by atoms with Crippen molar-refractivity contribution in [3.63, 3.8) is 0 Å². The van der Waals surface area contributed by atoms with E-state index in [2.05, 4.69) is 47.1 Å². The molecule has 0 aliphatic carbocycles. The number of pyridine rings is 1. The number of anilines is 1. The molecule has 0 amide bonds. The van der Waals surface area contributed by atoms with Crippen molar-refractivity contribution in [3.8, 4) is 0 Å². The van der Waals surface area contributed by atoms with Crippen LogP contribution in [0.3, 0.4) is 0 Å². The molecule has 0 radical (unpaired) electrons. The molecule has 28 heavy (non-hydrogen) atoms. The Labute approximate surface area is 165 Å². The number of hydrogen-bond acceptors (Lipinski definition) is 4. The molecule has 5 heteroatoms. The van der Waals surface area contributed by atoms with Crippen LogP contribution in [0.1, 0.15) is 34.3 Å². The molecule has 1 aliphatic rings. The molecule has 4 rings (SSSR count). The number of nitrogens with zero attached hydrogens (tertiary/aromatic N) is 3. The van der Waals surface area contributed by atoms with Gasteiger partial charge in [0.05, 0.1) is 6.04 Å². The van der Waals surface area contributed by atoms with Crippen molar-refractivity contribution in [1.29, 1.82) is 0 Å². The van der Waals surface area contributed by atoms with E-state index in [0.717, 1.165) is 17.7 Å². The van der Waals surface area contributed by atoms with E-state index in [9.17, 15) is 4.39 Å². The van der Waals surface area contributed by atoms with E-state index in [1.807, 2.05) is 24.3 Å². The second kappa shape index (κ2) is 7.70. The quantitative estimate of drug-likeness (QED) is 0.734. The lowest BCUT2D eigenvalue weighted by molar-refractivity contribution is 0.174. The van der Waals surface area contributed by atoms with E-state index in [0.29, 0.717) is 6.54 Å². The summed E-state index contributed by atoms with van der Waals surface area (Å²) in [4.78, 5) is 8.73. The molecule has 0 spiro atoms. The number of fused-ring (bicyclic) bond motifs is 1. The minimum atomic E-state index is -0.229. The second-order valence-corrected chi connectivity index (χ2v) is 7.40. The minimum absolute atomic E-state index is 0.0282. The maximum atomic E-state index is 13.6. The third-order valence-corrected chi connectivity index (χ3v) is 5.53. The fourth-order valence-corrected chi connectivity index (χ4v) is 4.27. The Morgan fingerprint density at radius 2 is 1.75 bits per heavy atom. The first-order chi connectivity index (χ1) is 13.6. The fraction of sp³-hybridized carbons (Fsp3) is 0.261. The van der Waals surface area contributed by atoms with Crippen LogP contribution >= 0.6 is 0 Å². The maximum Gasteiger partial charge on any atom is 0.123 e. The molecule has 2 atom stereocenters. The van der Waals surface area contributed by atoms with Gasteiger partial charge in [-0.2, -0.15) is 0 Å². The van der Waals surface area contributed by atoms with Crippen molar-refractivity contribution in [2.24, 2.45) is 5.73 Å². The Morgan fingerprint density at radius 3 is 2.39 bits per heavy atom. The number of halogens is 1. The highest BCUT2D eigenvalue weighted by Gasteiger charge is 2.37. The van der Waals surface area contributed by atoms with Crippen LogP contribution in [-0.4, -0.2) is 30.5 Å². The van der Waals surface area contributed by atoms with E-state index in [1.54, 1.807) is 12.4 Å². The number of nitrogens with two attached hydrogens (primary N) is 1. The van der Waals surface area contributed by atoms with Crippen LogP contribution in [0.4, 0.5) is 10.1 Å². The lowest BCUT2D eigenvalue weighted by atomic mass is 9.96. The zero-order valence-electron chi connectivity index (χ0n) is 16.2. The highest BCUT2D eigenvalue weighted by atomic mass is 19.1. The zero-order chi connectivity index (χ0) is 19.7. The molecule has 2 N–H and O–H groups in total. The highest BCUT2D eigenvalue weighted by molar-refractivity contribution is 5.58. The molecule has 0 bridgehead atoms. The summed E-state index contributed by atoms with van der Waals surface area (Å²) < 4.78 is 13.6. The van der Waals surface area contributed by atoms with Gasteiger partial charge < -0.3 is 10.6 Å². The number of hydrogen-bond donors (Lipinski definition) is 1. The molecule has 0 fully saturated rings. The molecule has 0 saturated heterocycles. The Kier molecular flexibility index (Phi) is 5.11.